The van der Waals surface area contributed by atoms with Gasteiger partial charge in [-0.05, 0) is 29.8 Å². The summed E-state index contributed by atoms with van der Waals surface area (Å²) in [6.07, 6.45) is 8.22. The Morgan fingerprint density at radius 1 is 0.968 bits per heavy atom. The first-order valence-electron chi connectivity index (χ1n) is 9.11. The van der Waals surface area contributed by atoms with Crippen molar-refractivity contribution >= 4 is 30.1 Å². The lowest BCUT2D eigenvalue weighted by Gasteiger charge is -2.09. The normalized spacial score (nSPS) is 10.9. The second-order valence-corrected chi connectivity index (χ2v) is 6.08. The predicted octanol–water partition coefficient (Wildman–Crippen LogP) is 3.43. The summed E-state index contributed by atoms with van der Waals surface area (Å²) in [4.78, 5) is 43.2. The fourth-order valence-corrected chi connectivity index (χ4v) is 2.45. The van der Waals surface area contributed by atoms with E-state index in [1.165, 1.54) is 50.0 Å². The number of imidazole rings is 1. The quantitative estimate of drug-likeness (QED) is 0.271. The van der Waals surface area contributed by atoms with E-state index in [9.17, 15) is 14.4 Å². The Balaban J connectivity index is 1.72. The Hall–Kier alpha value is -4.46. The molecule has 0 atom stereocenters. The third-order valence-corrected chi connectivity index (χ3v) is 3.94. The molecule has 1 N–H and O–H groups in total. The zero-order valence-electron chi connectivity index (χ0n) is 16.5. The van der Waals surface area contributed by atoms with Gasteiger partial charge in [0.1, 0.15) is 17.1 Å². The van der Waals surface area contributed by atoms with E-state index >= 15 is 0 Å². The number of methoxy groups -OCH3 is 1. The lowest BCUT2D eigenvalue weighted by molar-refractivity contribution is -0.132. The average molecular weight is 418 g/mol. The van der Waals surface area contributed by atoms with E-state index < -0.39 is 17.9 Å². The van der Waals surface area contributed by atoms with Crippen LogP contribution in [0, 0.1) is 0 Å². The van der Waals surface area contributed by atoms with E-state index in [-0.39, 0.29) is 11.3 Å². The molecule has 31 heavy (non-hydrogen) atoms. The van der Waals surface area contributed by atoms with Gasteiger partial charge in [0, 0.05) is 18.2 Å². The third kappa shape index (κ3) is 6.26. The molecule has 2 aromatic carbocycles. The van der Waals surface area contributed by atoms with Crippen molar-refractivity contribution in [2.45, 2.75) is 0 Å². The number of hydrogen-bond acceptors (Lipinski definition) is 7. The van der Waals surface area contributed by atoms with Gasteiger partial charge in [-0.15, -0.1) is 0 Å². The van der Waals surface area contributed by atoms with Gasteiger partial charge in [-0.25, -0.2) is 19.4 Å². The SMILES string of the molecule is COc1ccc(C(=O)OC(=O)C=Cc2cnc[nH]2)c(OC(=O)/C=C/c2ccccc2)c1. The van der Waals surface area contributed by atoms with Crippen LogP contribution in [0.1, 0.15) is 21.6 Å². The van der Waals surface area contributed by atoms with E-state index in [0.29, 0.717) is 11.4 Å². The van der Waals surface area contributed by atoms with Gasteiger partial charge in [-0.3, -0.25) is 0 Å². The van der Waals surface area contributed by atoms with E-state index in [2.05, 4.69) is 9.97 Å². The molecule has 1 aromatic heterocycles. The van der Waals surface area contributed by atoms with Gasteiger partial charge in [0.05, 0.1) is 25.3 Å². The Kier molecular flexibility index (Phi) is 7.10. The van der Waals surface area contributed by atoms with Crippen molar-refractivity contribution in [1.29, 1.82) is 0 Å². The maximum atomic E-state index is 12.5. The highest BCUT2D eigenvalue weighted by molar-refractivity contribution is 6.03. The molecule has 0 saturated heterocycles. The first kappa shape index (κ1) is 21.3. The molecule has 8 nitrogen and oxygen atoms in total. The standard InChI is InChI=1S/C23H18N2O6/c1-29-18-9-10-19(23(28)31-22(27)12-8-17-14-24-15-25-17)20(13-18)30-21(26)11-7-16-5-3-2-4-6-16/h2-15H,1H3,(H,24,25)/b11-7+,12-8?. The number of nitrogens with zero attached hydrogens (tertiary/aromatic N) is 1. The van der Waals surface area contributed by atoms with Crippen LogP contribution in [0.25, 0.3) is 12.2 Å². The molecule has 0 bridgehead atoms. The zero-order valence-corrected chi connectivity index (χ0v) is 16.5. The number of aromatic nitrogens is 2. The van der Waals surface area contributed by atoms with Gasteiger partial charge in [0.25, 0.3) is 0 Å². The molecule has 1 heterocycles. The minimum Gasteiger partial charge on any atom is -0.497 e. The number of carbonyl (C=O) groups is 3. The summed E-state index contributed by atoms with van der Waals surface area (Å²) in [7, 11) is 1.43. The summed E-state index contributed by atoms with van der Waals surface area (Å²) >= 11 is 0. The third-order valence-electron chi connectivity index (χ3n) is 3.94. The van der Waals surface area contributed by atoms with Gasteiger partial charge in [0.15, 0.2) is 0 Å². The van der Waals surface area contributed by atoms with E-state index in [1.807, 2.05) is 30.3 Å². The van der Waals surface area contributed by atoms with Crippen molar-refractivity contribution in [3.05, 3.63) is 90.0 Å². The van der Waals surface area contributed by atoms with Crippen molar-refractivity contribution < 1.29 is 28.6 Å². The summed E-state index contributed by atoms with van der Waals surface area (Å²) in [5.74, 6) is -2.32. The van der Waals surface area contributed by atoms with Crippen molar-refractivity contribution in [3.8, 4) is 11.5 Å². The lowest BCUT2D eigenvalue weighted by Crippen LogP contribution is -2.14. The van der Waals surface area contributed by atoms with Gasteiger partial charge in [-0.2, -0.15) is 0 Å². The Bertz CT molecular complexity index is 1120. The smallest absolute Gasteiger partial charge is 0.349 e. The summed E-state index contributed by atoms with van der Waals surface area (Å²) in [6.45, 7) is 0. The number of carbonyl (C=O) groups excluding carboxylic acids is 3. The van der Waals surface area contributed by atoms with E-state index in [4.69, 9.17) is 14.2 Å². The molecule has 0 unspecified atom stereocenters. The van der Waals surface area contributed by atoms with Crippen LogP contribution in [0.4, 0.5) is 0 Å². The van der Waals surface area contributed by atoms with Crippen LogP contribution in [-0.2, 0) is 14.3 Å². The molecule has 0 amide bonds. The monoisotopic (exact) mass is 418 g/mol. The molecule has 0 aliphatic rings. The molecule has 0 radical (unpaired) electrons. The van der Waals surface area contributed by atoms with Crippen molar-refractivity contribution in [3.63, 3.8) is 0 Å². The molecule has 156 valence electrons. The largest absolute Gasteiger partial charge is 0.497 e. The van der Waals surface area contributed by atoms with Crippen LogP contribution < -0.4 is 9.47 Å². The van der Waals surface area contributed by atoms with Crippen LogP contribution in [0.5, 0.6) is 11.5 Å². The Morgan fingerprint density at radius 2 is 1.74 bits per heavy atom. The minimum atomic E-state index is -0.975. The van der Waals surface area contributed by atoms with Crippen molar-refractivity contribution in [1.82, 2.24) is 9.97 Å². The van der Waals surface area contributed by atoms with Crippen molar-refractivity contribution in [2.24, 2.45) is 0 Å². The van der Waals surface area contributed by atoms with Gasteiger partial charge in [0.2, 0.25) is 0 Å². The fourth-order valence-electron chi connectivity index (χ4n) is 2.45. The van der Waals surface area contributed by atoms with Gasteiger partial charge < -0.3 is 19.2 Å². The zero-order chi connectivity index (χ0) is 22.1. The second kappa shape index (κ2) is 10.4. The van der Waals surface area contributed by atoms with Crippen LogP contribution in [0.3, 0.4) is 0 Å². The van der Waals surface area contributed by atoms with Crippen molar-refractivity contribution in [2.75, 3.05) is 7.11 Å². The summed E-state index contributed by atoms with van der Waals surface area (Å²) in [5, 5.41) is 0. The number of H-pyrrole nitrogens is 1. The van der Waals surface area contributed by atoms with Crippen LogP contribution in [-0.4, -0.2) is 35.0 Å². The first-order valence-corrected chi connectivity index (χ1v) is 9.11. The van der Waals surface area contributed by atoms with Crippen LogP contribution in [0.15, 0.2) is 73.2 Å². The topological polar surface area (TPSA) is 108 Å². The Morgan fingerprint density at radius 3 is 2.45 bits per heavy atom. The maximum absolute atomic E-state index is 12.5. The average Bonchev–Trinajstić information content (AvgIpc) is 3.30. The van der Waals surface area contributed by atoms with Crippen LogP contribution >= 0.6 is 0 Å². The first-order chi connectivity index (χ1) is 15.0. The molecule has 3 rings (SSSR count). The van der Waals surface area contributed by atoms with Gasteiger partial charge in [-0.1, -0.05) is 30.3 Å². The molecule has 8 heteroatoms. The molecule has 0 aliphatic carbocycles. The number of rotatable bonds is 7. The molecular formula is C23H18N2O6. The number of aromatic amines is 1. The molecule has 3 aromatic rings. The number of hydrogen-bond donors (Lipinski definition) is 1. The Labute approximate surface area is 177 Å². The molecule has 0 fully saturated rings. The summed E-state index contributed by atoms with van der Waals surface area (Å²) in [6, 6.07) is 13.3. The van der Waals surface area contributed by atoms with Crippen LogP contribution in [0.2, 0.25) is 0 Å². The fraction of sp³-hybridized carbons (Fsp3) is 0.0435. The maximum Gasteiger partial charge on any atom is 0.349 e. The van der Waals surface area contributed by atoms with E-state index in [0.717, 1.165) is 11.6 Å². The lowest BCUT2D eigenvalue weighted by atomic mass is 10.2. The summed E-state index contributed by atoms with van der Waals surface area (Å²) in [5.41, 5.74) is 1.26. The molecule has 0 saturated carbocycles. The minimum absolute atomic E-state index is 0.0996. The number of esters is 3. The molecule has 0 aliphatic heterocycles. The number of ether oxygens (including phenoxy) is 3. The number of benzene rings is 2. The molecule has 0 spiro atoms. The van der Waals surface area contributed by atoms with E-state index in [1.54, 1.807) is 6.08 Å². The molecular weight excluding hydrogens is 400 g/mol. The number of nitrogens with one attached hydrogen (secondary N) is 1. The highest BCUT2D eigenvalue weighted by atomic mass is 16.6. The highest BCUT2D eigenvalue weighted by Gasteiger charge is 2.19. The highest BCUT2D eigenvalue weighted by Crippen LogP contribution is 2.26. The second-order valence-electron chi connectivity index (χ2n) is 6.08. The predicted molar refractivity (Wildman–Crippen MR) is 112 cm³/mol. The summed E-state index contributed by atoms with van der Waals surface area (Å²) < 4.78 is 15.2. The van der Waals surface area contributed by atoms with Gasteiger partial charge >= 0.3 is 17.9 Å².